The van der Waals surface area contributed by atoms with E-state index in [0.717, 1.165) is 61.4 Å². The summed E-state index contributed by atoms with van der Waals surface area (Å²) < 4.78 is 0. The van der Waals surface area contributed by atoms with E-state index in [-0.39, 0.29) is 5.70 Å². The molecule has 0 unspecified atom stereocenters. The Morgan fingerprint density at radius 1 is 0.587 bits per heavy atom. The lowest BCUT2D eigenvalue weighted by molar-refractivity contribution is -0.132. The molecule has 0 atom stereocenters. The Hall–Kier alpha value is -5.68. The van der Waals surface area contributed by atoms with Crippen LogP contribution in [0.1, 0.15) is 5.56 Å². The van der Waals surface area contributed by atoms with Crippen molar-refractivity contribution in [2.75, 3.05) is 80.9 Å². The minimum atomic E-state index is -1.24. The van der Waals surface area contributed by atoms with Gasteiger partial charge in [0.2, 0.25) is 0 Å². The quantitative estimate of drug-likeness (QED) is 0.133. The Bertz CT molecular complexity index is 1870. The molecule has 0 fully saturated rings. The number of rotatable bonds is 9. The van der Waals surface area contributed by atoms with Crippen molar-refractivity contribution in [1.82, 2.24) is 0 Å². The molecule has 0 aliphatic heterocycles. The second-order valence-electron chi connectivity index (χ2n) is 12.1. The van der Waals surface area contributed by atoms with Crippen LogP contribution in [0.25, 0.3) is 32.5 Å². The van der Waals surface area contributed by atoms with Crippen molar-refractivity contribution in [2.45, 2.75) is 0 Å². The zero-order valence-electron chi connectivity index (χ0n) is 27.7. The molecule has 234 valence electrons. The highest BCUT2D eigenvalue weighted by atomic mass is 16.4. The molecule has 5 aromatic carbocycles. The number of carboxylic acid groups (broad SMARTS) is 1. The molecule has 0 aliphatic rings. The first-order chi connectivity index (χ1) is 21.9. The van der Waals surface area contributed by atoms with Gasteiger partial charge in [-0.3, -0.25) is 4.79 Å². The van der Waals surface area contributed by atoms with Gasteiger partial charge in [-0.25, -0.2) is 4.85 Å². The van der Waals surface area contributed by atoms with Crippen LogP contribution in [0.2, 0.25) is 0 Å². The highest BCUT2D eigenvalue weighted by Crippen LogP contribution is 2.48. The topological polar surface area (TPSA) is 57.9 Å². The maximum atomic E-state index is 11.5. The van der Waals surface area contributed by atoms with E-state index >= 15 is 0 Å². The van der Waals surface area contributed by atoms with Crippen molar-refractivity contribution < 1.29 is 9.90 Å². The summed E-state index contributed by atoms with van der Waals surface area (Å²) in [4.78, 5) is 25.6. The summed E-state index contributed by atoms with van der Waals surface area (Å²) in [5.74, 6) is -1.24. The zero-order chi connectivity index (χ0) is 33.3. The molecule has 0 bridgehead atoms. The molecule has 0 heterocycles. The molecule has 0 spiro atoms. The van der Waals surface area contributed by atoms with E-state index in [1.54, 1.807) is 0 Å². The van der Waals surface area contributed by atoms with Crippen molar-refractivity contribution in [3.8, 4) is 0 Å². The van der Waals surface area contributed by atoms with Crippen LogP contribution >= 0.6 is 0 Å². The summed E-state index contributed by atoms with van der Waals surface area (Å²) in [5.41, 5.74) is 7.70. The number of benzene rings is 5. The minimum Gasteiger partial charge on any atom is -0.486 e. The number of hydrogen-bond acceptors (Lipinski definition) is 6. The monoisotopic (exact) mass is 612 g/mol. The smallest absolute Gasteiger partial charge is 0.333 e. The third kappa shape index (κ3) is 5.75. The van der Waals surface area contributed by atoms with Gasteiger partial charge in [-0.05, 0) is 60.2 Å². The van der Waals surface area contributed by atoms with Crippen LogP contribution in [0.15, 0.2) is 90.6 Å². The number of carbonyl (C=O) groups is 1. The number of anilines is 7. The van der Waals surface area contributed by atoms with Gasteiger partial charge in [-0.2, -0.15) is 0 Å². The van der Waals surface area contributed by atoms with Crippen LogP contribution in [-0.4, -0.2) is 67.5 Å². The van der Waals surface area contributed by atoms with Gasteiger partial charge in [0.1, 0.15) is 0 Å². The molecular weight excluding hydrogens is 572 g/mol. The highest BCUT2D eigenvalue weighted by Gasteiger charge is 2.23. The molecule has 0 amide bonds. The second-order valence-corrected chi connectivity index (χ2v) is 12.1. The predicted molar refractivity (Wildman–Crippen MR) is 196 cm³/mol. The van der Waals surface area contributed by atoms with Gasteiger partial charge in [0.25, 0.3) is 5.70 Å². The number of carboxylic acids is 1. The molecule has 0 radical (unpaired) electrons. The van der Waals surface area contributed by atoms with Crippen LogP contribution in [0.3, 0.4) is 0 Å². The third-order valence-electron chi connectivity index (χ3n) is 8.15. The molecule has 0 aromatic heterocycles. The summed E-state index contributed by atoms with van der Waals surface area (Å²) >= 11 is 0. The Kier molecular flexibility index (Phi) is 8.79. The van der Waals surface area contributed by atoms with Crippen LogP contribution < -0.4 is 24.5 Å². The van der Waals surface area contributed by atoms with Crippen LogP contribution in [0.4, 0.5) is 39.8 Å². The van der Waals surface area contributed by atoms with Gasteiger partial charge in [-0.1, -0.05) is 36.4 Å². The summed E-state index contributed by atoms with van der Waals surface area (Å²) in [6, 6.07) is 29.2. The fourth-order valence-electron chi connectivity index (χ4n) is 6.02. The number of hydrogen-bond donors (Lipinski definition) is 1. The van der Waals surface area contributed by atoms with Crippen LogP contribution in [0.5, 0.6) is 0 Å². The Morgan fingerprint density at radius 2 is 0.978 bits per heavy atom. The molecule has 0 saturated heterocycles. The fraction of sp³-hybridized carbons (Fsp3) is 0.211. The SMILES string of the molecule is [C-]#[N+]C(=Cc1ccc(N(c2ccc(N(C)C)c3c(N(C)C)cccc23)c2ccc(N(C)C)c3c(N(C)C)cccc23)cc1)C(=O)O. The van der Waals surface area contributed by atoms with Gasteiger partial charge >= 0.3 is 5.97 Å². The molecule has 8 nitrogen and oxygen atoms in total. The lowest BCUT2D eigenvalue weighted by atomic mass is 9.99. The lowest BCUT2D eigenvalue weighted by Crippen LogP contribution is -2.17. The molecule has 8 heteroatoms. The van der Waals surface area contributed by atoms with Crippen molar-refractivity contribution in [3.05, 3.63) is 108 Å². The van der Waals surface area contributed by atoms with E-state index in [1.807, 2.05) is 24.3 Å². The average Bonchev–Trinajstić information content (AvgIpc) is 3.03. The summed E-state index contributed by atoms with van der Waals surface area (Å²) in [5, 5.41) is 13.9. The van der Waals surface area contributed by atoms with Crippen molar-refractivity contribution >= 4 is 73.4 Å². The van der Waals surface area contributed by atoms with Gasteiger partial charge in [0, 0.05) is 106 Å². The van der Waals surface area contributed by atoms with Gasteiger partial charge < -0.3 is 29.6 Å². The van der Waals surface area contributed by atoms with E-state index in [4.69, 9.17) is 6.57 Å². The molecule has 5 aromatic rings. The first kappa shape index (κ1) is 31.7. The zero-order valence-corrected chi connectivity index (χ0v) is 27.7. The molecular formula is C38H40N6O2. The van der Waals surface area contributed by atoms with Gasteiger partial charge in [0.05, 0.1) is 17.9 Å². The van der Waals surface area contributed by atoms with E-state index in [1.165, 1.54) is 6.08 Å². The molecule has 1 N–H and O–H groups in total. The Labute approximate surface area is 271 Å². The van der Waals surface area contributed by atoms with Crippen molar-refractivity contribution in [1.29, 1.82) is 0 Å². The summed E-state index contributed by atoms with van der Waals surface area (Å²) in [7, 11) is 16.5. The summed E-state index contributed by atoms with van der Waals surface area (Å²) in [6.07, 6.45) is 1.40. The fourth-order valence-corrected chi connectivity index (χ4v) is 6.02. The first-order valence-corrected chi connectivity index (χ1v) is 15.0. The van der Waals surface area contributed by atoms with E-state index in [9.17, 15) is 9.90 Å². The first-order valence-electron chi connectivity index (χ1n) is 15.0. The summed E-state index contributed by atoms with van der Waals surface area (Å²) in [6.45, 7) is 7.27. The van der Waals surface area contributed by atoms with Crippen LogP contribution in [-0.2, 0) is 4.79 Å². The van der Waals surface area contributed by atoms with E-state index < -0.39 is 5.97 Å². The normalized spacial score (nSPS) is 11.3. The van der Waals surface area contributed by atoms with E-state index in [0.29, 0.717) is 5.56 Å². The average molecular weight is 613 g/mol. The predicted octanol–water partition coefficient (Wildman–Crippen LogP) is 8.07. The van der Waals surface area contributed by atoms with E-state index in [2.05, 4.69) is 146 Å². The minimum absolute atomic E-state index is 0.326. The number of aliphatic carboxylic acids is 1. The lowest BCUT2D eigenvalue weighted by Gasteiger charge is -2.32. The maximum Gasteiger partial charge on any atom is 0.333 e. The van der Waals surface area contributed by atoms with Crippen molar-refractivity contribution in [2.24, 2.45) is 0 Å². The largest absolute Gasteiger partial charge is 0.486 e. The Balaban J connectivity index is 1.88. The standard InChI is InChI=1S/C38H40N6O2/c1-39-29(38(45)46)24-25-16-18-26(19-17-25)44(30-20-22-34(42(6)7)36-27(30)12-10-14-32(36)40(2)3)31-21-23-35(43(8)9)37-28(31)13-11-15-33(37)41(4)5/h10-24H,2-9H3,(H,45,46). The van der Waals surface area contributed by atoms with Gasteiger partial charge in [-0.15, -0.1) is 0 Å². The molecule has 0 aliphatic carbocycles. The number of nitrogens with zero attached hydrogens (tertiary/aromatic N) is 6. The third-order valence-corrected chi connectivity index (χ3v) is 8.15. The highest BCUT2D eigenvalue weighted by molar-refractivity contribution is 6.15. The second kappa shape index (κ2) is 12.7. The van der Waals surface area contributed by atoms with Crippen LogP contribution in [0, 0.1) is 6.57 Å². The van der Waals surface area contributed by atoms with Crippen molar-refractivity contribution in [3.63, 3.8) is 0 Å². The molecule has 0 saturated carbocycles. The van der Waals surface area contributed by atoms with Gasteiger partial charge in [0.15, 0.2) is 0 Å². The maximum absolute atomic E-state index is 11.5. The number of fused-ring (bicyclic) bond motifs is 2. The Morgan fingerprint density at radius 3 is 1.35 bits per heavy atom. The molecule has 46 heavy (non-hydrogen) atoms. The molecule has 5 rings (SSSR count).